The van der Waals surface area contributed by atoms with E-state index in [0.29, 0.717) is 5.84 Å². The third-order valence-corrected chi connectivity index (χ3v) is 2.08. The van der Waals surface area contributed by atoms with Crippen molar-refractivity contribution in [3.05, 3.63) is 29.8 Å². The molecular weight excluding hydrogens is 178 g/mol. The van der Waals surface area contributed by atoms with Crippen molar-refractivity contribution in [1.29, 1.82) is 0 Å². The molecular formula is C10H11N3O. The minimum Gasteiger partial charge on any atom is -0.385 e. The van der Waals surface area contributed by atoms with Gasteiger partial charge in [-0.05, 0) is 19.1 Å². The summed E-state index contributed by atoms with van der Waals surface area (Å²) in [5.41, 5.74) is 7.39. The van der Waals surface area contributed by atoms with Crippen LogP contribution in [0.3, 0.4) is 0 Å². The van der Waals surface area contributed by atoms with Crippen molar-refractivity contribution in [1.82, 2.24) is 0 Å². The first-order valence-electron chi connectivity index (χ1n) is 4.39. The fourth-order valence-electron chi connectivity index (χ4n) is 1.34. The molecule has 0 bridgehead atoms. The molecule has 0 radical (unpaired) electrons. The van der Waals surface area contributed by atoms with Crippen LogP contribution >= 0.6 is 0 Å². The van der Waals surface area contributed by atoms with Crippen LogP contribution in [-0.4, -0.2) is 11.7 Å². The number of anilines is 1. The summed E-state index contributed by atoms with van der Waals surface area (Å²) in [5, 5.41) is 5.29. The van der Waals surface area contributed by atoms with Gasteiger partial charge in [-0.1, -0.05) is 17.7 Å². The van der Waals surface area contributed by atoms with Gasteiger partial charge in [-0.15, -0.1) is 0 Å². The fourth-order valence-corrected chi connectivity index (χ4v) is 1.34. The lowest BCUT2D eigenvalue weighted by Gasteiger charge is -2.10. The Morgan fingerprint density at radius 2 is 2.00 bits per heavy atom. The van der Waals surface area contributed by atoms with E-state index in [9.17, 15) is 4.79 Å². The number of benzene rings is 1. The van der Waals surface area contributed by atoms with E-state index in [1.807, 2.05) is 31.2 Å². The van der Waals surface area contributed by atoms with Gasteiger partial charge < -0.3 is 5.73 Å². The molecule has 72 valence electrons. The summed E-state index contributed by atoms with van der Waals surface area (Å²) in [5.74, 6) is 0.293. The Labute approximate surface area is 82.0 Å². The quantitative estimate of drug-likeness (QED) is 0.716. The molecule has 0 saturated heterocycles. The first-order valence-corrected chi connectivity index (χ1v) is 4.39. The Balaban J connectivity index is 2.32. The standard InChI is InChI=1S/C10H11N3O/c1-7-2-4-8(5-3-7)13-10(14)6-9(11)12-13/h2-5H,6H2,1H3,(H2,11,12). The van der Waals surface area contributed by atoms with Gasteiger partial charge in [0, 0.05) is 0 Å². The van der Waals surface area contributed by atoms with Crippen molar-refractivity contribution in [3.8, 4) is 0 Å². The van der Waals surface area contributed by atoms with Crippen LogP contribution in [0.1, 0.15) is 12.0 Å². The number of hydrogen-bond donors (Lipinski definition) is 1. The lowest BCUT2D eigenvalue weighted by Crippen LogP contribution is -2.19. The van der Waals surface area contributed by atoms with Gasteiger partial charge in [0.2, 0.25) is 0 Å². The molecule has 2 N–H and O–H groups in total. The molecule has 0 aliphatic carbocycles. The predicted molar refractivity (Wildman–Crippen MR) is 54.9 cm³/mol. The van der Waals surface area contributed by atoms with E-state index in [-0.39, 0.29) is 12.3 Å². The molecule has 2 rings (SSSR count). The van der Waals surface area contributed by atoms with Crippen molar-refractivity contribution in [2.75, 3.05) is 5.01 Å². The van der Waals surface area contributed by atoms with Crippen LogP contribution in [0.5, 0.6) is 0 Å². The zero-order chi connectivity index (χ0) is 10.1. The third kappa shape index (κ3) is 1.46. The highest BCUT2D eigenvalue weighted by atomic mass is 16.2. The molecule has 0 spiro atoms. The highest BCUT2D eigenvalue weighted by molar-refractivity contribution is 6.11. The number of carbonyl (C=O) groups is 1. The first-order chi connectivity index (χ1) is 6.66. The number of amidine groups is 1. The van der Waals surface area contributed by atoms with Crippen LogP contribution in [0, 0.1) is 6.92 Å². The molecule has 1 aliphatic heterocycles. The number of carbonyl (C=O) groups excluding carboxylic acids is 1. The minimum absolute atomic E-state index is 0.0775. The van der Waals surface area contributed by atoms with Crippen LogP contribution in [0.25, 0.3) is 0 Å². The van der Waals surface area contributed by atoms with Gasteiger partial charge in [-0.25, -0.2) is 0 Å². The second-order valence-corrected chi connectivity index (χ2v) is 3.31. The van der Waals surface area contributed by atoms with Gasteiger partial charge in [-0.3, -0.25) is 4.79 Å². The fraction of sp³-hybridized carbons (Fsp3) is 0.200. The SMILES string of the molecule is Cc1ccc(N2N=C(N)CC2=O)cc1. The zero-order valence-corrected chi connectivity index (χ0v) is 7.90. The zero-order valence-electron chi connectivity index (χ0n) is 7.90. The van der Waals surface area contributed by atoms with Crippen molar-refractivity contribution in [3.63, 3.8) is 0 Å². The van der Waals surface area contributed by atoms with E-state index in [4.69, 9.17) is 5.73 Å². The highest BCUT2D eigenvalue weighted by Crippen LogP contribution is 2.19. The molecule has 1 aromatic carbocycles. The molecule has 4 heteroatoms. The lowest BCUT2D eigenvalue weighted by atomic mass is 10.2. The maximum Gasteiger partial charge on any atom is 0.255 e. The van der Waals surface area contributed by atoms with Gasteiger partial charge in [-0.2, -0.15) is 10.1 Å². The molecule has 0 fully saturated rings. The average Bonchev–Trinajstić information content (AvgIpc) is 2.47. The maximum atomic E-state index is 11.4. The van der Waals surface area contributed by atoms with Crippen LogP contribution in [0.4, 0.5) is 5.69 Å². The number of amides is 1. The van der Waals surface area contributed by atoms with E-state index in [2.05, 4.69) is 5.10 Å². The van der Waals surface area contributed by atoms with E-state index >= 15 is 0 Å². The Bertz CT molecular complexity index is 394. The Hall–Kier alpha value is -1.84. The molecule has 1 aliphatic rings. The summed E-state index contributed by atoms with van der Waals surface area (Å²) in [4.78, 5) is 11.4. The van der Waals surface area contributed by atoms with Gasteiger partial charge in [0.05, 0.1) is 12.1 Å². The first kappa shape index (κ1) is 8.74. The van der Waals surface area contributed by atoms with Crippen LogP contribution in [0.15, 0.2) is 29.4 Å². The van der Waals surface area contributed by atoms with Gasteiger partial charge >= 0.3 is 0 Å². The lowest BCUT2D eigenvalue weighted by molar-refractivity contribution is -0.116. The van der Waals surface area contributed by atoms with Gasteiger partial charge in [0.1, 0.15) is 5.84 Å². The number of nitrogens with two attached hydrogens (primary N) is 1. The molecule has 1 heterocycles. The smallest absolute Gasteiger partial charge is 0.255 e. The van der Waals surface area contributed by atoms with Crippen LogP contribution in [0.2, 0.25) is 0 Å². The van der Waals surface area contributed by atoms with Gasteiger partial charge in [0.15, 0.2) is 0 Å². The van der Waals surface area contributed by atoms with Gasteiger partial charge in [0.25, 0.3) is 5.91 Å². The predicted octanol–water partition coefficient (Wildman–Crippen LogP) is 1.00. The molecule has 1 amide bonds. The number of hydrogen-bond acceptors (Lipinski definition) is 3. The average molecular weight is 189 g/mol. The minimum atomic E-state index is -0.0775. The third-order valence-electron chi connectivity index (χ3n) is 2.08. The second-order valence-electron chi connectivity index (χ2n) is 3.31. The summed E-state index contributed by atoms with van der Waals surface area (Å²) in [6.45, 7) is 1.99. The van der Waals surface area contributed by atoms with Crippen molar-refractivity contribution in [2.45, 2.75) is 13.3 Å². The maximum absolute atomic E-state index is 11.4. The molecule has 0 saturated carbocycles. The van der Waals surface area contributed by atoms with Crippen LogP contribution in [-0.2, 0) is 4.79 Å². The Morgan fingerprint density at radius 3 is 2.50 bits per heavy atom. The number of rotatable bonds is 1. The van der Waals surface area contributed by atoms with Crippen molar-refractivity contribution < 1.29 is 4.79 Å². The molecule has 4 nitrogen and oxygen atoms in total. The summed E-state index contributed by atoms with van der Waals surface area (Å²) in [6, 6.07) is 7.59. The highest BCUT2D eigenvalue weighted by Gasteiger charge is 2.22. The molecule has 0 atom stereocenters. The van der Waals surface area contributed by atoms with E-state index in [1.54, 1.807) is 0 Å². The van der Waals surface area contributed by atoms with Crippen molar-refractivity contribution >= 4 is 17.4 Å². The summed E-state index contributed by atoms with van der Waals surface area (Å²) < 4.78 is 0. The van der Waals surface area contributed by atoms with Crippen LogP contribution < -0.4 is 10.7 Å². The topological polar surface area (TPSA) is 58.7 Å². The van der Waals surface area contributed by atoms with E-state index < -0.39 is 0 Å². The normalized spacial score (nSPS) is 15.9. The summed E-state index contributed by atoms with van der Waals surface area (Å²) >= 11 is 0. The van der Waals surface area contributed by atoms with E-state index in [1.165, 1.54) is 5.01 Å². The number of nitrogens with zero attached hydrogens (tertiary/aromatic N) is 2. The number of hydrazone groups is 1. The summed E-state index contributed by atoms with van der Waals surface area (Å²) in [7, 11) is 0. The summed E-state index contributed by atoms with van der Waals surface area (Å²) in [6.07, 6.45) is 0.216. The largest absolute Gasteiger partial charge is 0.385 e. The molecule has 0 aromatic heterocycles. The Kier molecular flexibility index (Phi) is 1.96. The molecule has 0 unspecified atom stereocenters. The molecule has 14 heavy (non-hydrogen) atoms. The number of aryl methyl sites for hydroxylation is 1. The Morgan fingerprint density at radius 1 is 1.36 bits per heavy atom. The molecule has 1 aromatic rings. The van der Waals surface area contributed by atoms with E-state index in [0.717, 1.165) is 11.3 Å². The monoisotopic (exact) mass is 189 g/mol. The second kappa shape index (κ2) is 3.14. The van der Waals surface area contributed by atoms with Crippen molar-refractivity contribution in [2.24, 2.45) is 10.8 Å².